The average Bonchev–Trinajstić information content (AvgIpc) is 2.81. The average molecular weight is 251 g/mol. The van der Waals surface area contributed by atoms with Gasteiger partial charge in [0.05, 0.1) is 11.6 Å². The Morgan fingerprint density at radius 1 is 1.42 bits per heavy atom. The first-order valence-electron chi connectivity index (χ1n) is 5.82. The first-order valence-corrected chi connectivity index (χ1v) is 5.82. The monoisotopic (exact) mass is 251 g/mol. The highest BCUT2D eigenvalue weighted by atomic mass is 16.3. The summed E-state index contributed by atoms with van der Waals surface area (Å²) in [7, 11) is 0. The second-order valence-corrected chi connectivity index (χ2v) is 3.98. The van der Waals surface area contributed by atoms with Crippen molar-refractivity contribution in [3.8, 4) is 11.8 Å². The summed E-state index contributed by atoms with van der Waals surface area (Å²) in [5, 5.41) is 19.3. The fraction of sp³-hybridized carbons (Fsp3) is 0.0625. The van der Waals surface area contributed by atoms with Crippen LogP contribution in [0, 0.1) is 11.3 Å². The molecule has 0 amide bonds. The van der Waals surface area contributed by atoms with Gasteiger partial charge in [-0.1, -0.05) is 24.8 Å². The van der Waals surface area contributed by atoms with Crippen molar-refractivity contribution in [2.45, 2.75) is 6.92 Å². The third-order valence-corrected chi connectivity index (χ3v) is 2.71. The quantitative estimate of drug-likeness (QED) is 0.657. The van der Waals surface area contributed by atoms with E-state index in [4.69, 9.17) is 9.68 Å². The number of hydrogen-bond acceptors (Lipinski definition) is 3. The predicted molar refractivity (Wildman–Crippen MR) is 75.4 cm³/mol. The lowest BCUT2D eigenvalue weighted by Gasteiger charge is -1.98. The highest BCUT2D eigenvalue weighted by Crippen LogP contribution is 2.29. The van der Waals surface area contributed by atoms with Crippen molar-refractivity contribution in [2.75, 3.05) is 0 Å². The van der Waals surface area contributed by atoms with Gasteiger partial charge in [-0.2, -0.15) is 5.26 Å². The molecule has 0 aliphatic heterocycles. The Balaban J connectivity index is 2.67. The van der Waals surface area contributed by atoms with Crippen molar-refractivity contribution >= 4 is 16.5 Å². The molecule has 1 aromatic heterocycles. The molecule has 3 heteroatoms. The molecule has 3 nitrogen and oxygen atoms in total. The van der Waals surface area contributed by atoms with Crippen LogP contribution in [0.15, 0.2) is 59.1 Å². The third kappa shape index (κ3) is 2.43. The summed E-state index contributed by atoms with van der Waals surface area (Å²) in [4.78, 5) is 0. The molecule has 1 heterocycles. The van der Waals surface area contributed by atoms with Crippen LogP contribution in [0.3, 0.4) is 0 Å². The number of phenols is 1. The molecule has 94 valence electrons. The van der Waals surface area contributed by atoms with Crippen LogP contribution in [0.5, 0.6) is 5.75 Å². The van der Waals surface area contributed by atoms with Crippen LogP contribution in [0.4, 0.5) is 0 Å². The van der Waals surface area contributed by atoms with Crippen molar-refractivity contribution < 1.29 is 9.52 Å². The summed E-state index contributed by atoms with van der Waals surface area (Å²) in [5.74, 6) is 0.760. The molecule has 2 rings (SSSR count). The molecule has 0 unspecified atom stereocenters. The number of benzene rings is 1. The van der Waals surface area contributed by atoms with Gasteiger partial charge < -0.3 is 9.52 Å². The van der Waals surface area contributed by atoms with E-state index in [2.05, 4.69) is 12.6 Å². The van der Waals surface area contributed by atoms with E-state index in [0.29, 0.717) is 22.5 Å². The van der Waals surface area contributed by atoms with Gasteiger partial charge in [-0.25, -0.2) is 0 Å². The maximum atomic E-state index is 9.45. The van der Waals surface area contributed by atoms with E-state index in [1.165, 1.54) is 6.08 Å². The Bertz CT molecular complexity index is 727. The topological polar surface area (TPSA) is 57.2 Å². The zero-order valence-electron chi connectivity index (χ0n) is 10.6. The number of furan rings is 1. The van der Waals surface area contributed by atoms with Crippen LogP contribution in [-0.4, -0.2) is 5.11 Å². The molecule has 1 aromatic carbocycles. The van der Waals surface area contributed by atoms with E-state index in [1.807, 2.05) is 13.0 Å². The van der Waals surface area contributed by atoms with Gasteiger partial charge in [-0.05, 0) is 31.2 Å². The Kier molecular flexibility index (Phi) is 3.53. The van der Waals surface area contributed by atoms with Crippen LogP contribution < -0.4 is 0 Å². The van der Waals surface area contributed by atoms with Gasteiger partial charge >= 0.3 is 0 Å². The molecule has 0 aliphatic rings. The number of nitriles is 1. The van der Waals surface area contributed by atoms with E-state index in [1.54, 1.807) is 30.3 Å². The summed E-state index contributed by atoms with van der Waals surface area (Å²) >= 11 is 0. The summed E-state index contributed by atoms with van der Waals surface area (Å²) in [6.45, 7) is 5.50. The lowest BCUT2D eigenvalue weighted by atomic mass is 10.1. The molecule has 0 atom stereocenters. The molecule has 0 fully saturated rings. The van der Waals surface area contributed by atoms with Crippen molar-refractivity contribution in [1.29, 1.82) is 5.26 Å². The molecule has 2 aromatic rings. The van der Waals surface area contributed by atoms with Gasteiger partial charge in [0.15, 0.2) is 0 Å². The summed E-state index contributed by atoms with van der Waals surface area (Å²) in [6.07, 6.45) is 5.14. The van der Waals surface area contributed by atoms with Crippen LogP contribution in [-0.2, 0) is 0 Å². The van der Waals surface area contributed by atoms with Crippen molar-refractivity contribution in [3.63, 3.8) is 0 Å². The highest BCUT2D eigenvalue weighted by Gasteiger charge is 2.10. The first kappa shape index (κ1) is 12.7. The minimum Gasteiger partial charge on any atom is -0.508 e. The number of hydrogen-bond donors (Lipinski definition) is 1. The molecule has 0 radical (unpaired) electrons. The minimum atomic E-state index is 0.181. The molecule has 0 saturated heterocycles. The third-order valence-electron chi connectivity index (χ3n) is 2.71. The van der Waals surface area contributed by atoms with E-state index in [9.17, 15) is 5.11 Å². The summed E-state index contributed by atoms with van der Waals surface area (Å²) in [5.41, 5.74) is 1.79. The van der Waals surface area contributed by atoms with Gasteiger partial charge in [0, 0.05) is 11.0 Å². The second kappa shape index (κ2) is 5.28. The summed E-state index contributed by atoms with van der Waals surface area (Å²) in [6, 6.07) is 8.77. The van der Waals surface area contributed by atoms with Crippen LogP contribution in [0.2, 0.25) is 0 Å². The summed E-state index contributed by atoms with van der Waals surface area (Å²) < 4.78 is 5.70. The maximum Gasteiger partial charge on any atom is 0.136 e. The van der Waals surface area contributed by atoms with E-state index < -0.39 is 0 Å². The Labute approximate surface area is 111 Å². The lowest BCUT2D eigenvalue weighted by Crippen LogP contribution is -1.82. The maximum absolute atomic E-state index is 9.45. The zero-order chi connectivity index (χ0) is 13.8. The lowest BCUT2D eigenvalue weighted by molar-refractivity contribution is 0.476. The van der Waals surface area contributed by atoms with Crippen LogP contribution >= 0.6 is 0 Å². The van der Waals surface area contributed by atoms with E-state index in [0.717, 1.165) is 5.39 Å². The highest BCUT2D eigenvalue weighted by molar-refractivity contribution is 5.87. The molecule has 19 heavy (non-hydrogen) atoms. The Morgan fingerprint density at radius 3 is 2.84 bits per heavy atom. The van der Waals surface area contributed by atoms with Gasteiger partial charge in [0.2, 0.25) is 0 Å². The van der Waals surface area contributed by atoms with Crippen LogP contribution in [0.25, 0.3) is 16.5 Å². The first-order chi connectivity index (χ1) is 9.19. The van der Waals surface area contributed by atoms with Crippen molar-refractivity contribution in [2.24, 2.45) is 0 Å². The van der Waals surface area contributed by atoms with Gasteiger partial charge in [-0.15, -0.1) is 0 Å². The standard InChI is InChI=1S/C16H13NO2/c1-3-5-14(11(4-2)10-17)16-9-12-8-13(18)6-7-15(12)19-16/h3-9,18H,2H2,1H3/b5-3-,14-11-. The number of phenolic OH excluding ortho intramolecular Hbond substituents is 1. The molecule has 0 spiro atoms. The Morgan fingerprint density at radius 2 is 2.21 bits per heavy atom. The molecule has 0 saturated carbocycles. The normalized spacial score (nSPS) is 12.4. The van der Waals surface area contributed by atoms with Gasteiger partial charge in [0.25, 0.3) is 0 Å². The van der Waals surface area contributed by atoms with Gasteiger partial charge in [0.1, 0.15) is 17.1 Å². The minimum absolute atomic E-state index is 0.181. The molecule has 1 N–H and O–H groups in total. The van der Waals surface area contributed by atoms with Gasteiger partial charge in [-0.3, -0.25) is 0 Å². The number of fused-ring (bicyclic) bond motifs is 1. The van der Waals surface area contributed by atoms with E-state index >= 15 is 0 Å². The molecular weight excluding hydrogens is 238 g/mol. The second-order valence-electron chi connectivity index (χ2n) is 3.98. The zero-order valence-corrected chi connectivity index (χ0v) is 10.6. The number of nitrogens with zero attached hydrogens (tertiary/aromatic N) is 1. The number of aromatic hydroxyl groups is 1. The van der Waals surface area contributed by atoms with E-state index in [-0.39, 0.29) is 5.75 Å². The number of allylic oxidation sites excluding steroid dienone is 5. The largest absolute Gasteiger partial charge is 0.508 e. The number of rotatable bonds is 3. The SMILES string of the molecule is C=C/C(C#N)=C(\C=C/C)c1cc2cc(O)ccc2o1. The fourth-order valence-electron chi connectivity index (χ4n) is 1.85. The molecule has 0 aliphatic carbocycles. The van der Waals surface area contributed by atoms with Crippen molar-refractivity contribution in [1.82, 2.24) is 0 Å². The smallest absolute Gasteiger partial charge is 0.136 e. The molecule has 0 bridgehead atoms. The van der Waals surface area contributed by atoms with Crippen molar-refractivity contribution in [3.05, 3.63) is 60.4 Å². The van der Waals surface area contributed by atoms with Crippen LogP contribution in [0.1, 0.15) is 12.7 Å². The fourth-order valence-corrected chi connectivity index (χ4v) is 1.85. The molecular formula is C16H13NO2. The Hall–Kier alpha value is -2.73. The predicted octanol–water partition coefficient (Wildman–Crippen LogP) is 4.18.